The first kappa shape index (κ1) is 19.3. The number of halogens is 2. The molecule has 1 aromatic carbocycles. The van der Waals surface area contributed by atoms with E-state index >= 15 is 0 Å². The van der Waals surface area contributed by atoms with Crippen LogP contribution in [0.3, 0.4) is 0 Å². The molecule has 5 nitrogen and oxygen atoms in total. The lowest BCUT2D eigenvalue weighted by molar-refractivity contribution is 0.0954. The number of thiophene rings is 1. The Balaban J connectivity index is 1.66. The molecule has 1 aliphatic heterocycles. The Labute approximate surface area is 173 Å². The number of aromatic nitrogens is 2. The average molecular weight is 464 g/mol. The second-order valence-corrected chi connectivity index (χ2v) is 8.80. The number of fused-ring (bicyclic) bond motifs is 2. The first-order valence-electron chi connectivity index (χ1n) is 9.20. The number of hydrogen-bond acceptors (Lipinski definition) is 4. The maximum Gasteiger partial charge on any atom is 0.262 e. The molecule has 0 spiro atoms. The molecule has 28 heavy (non-hydrogen) atoms. The van der Waals surface area contributed by atoms with Crippen molar-refractivity contribution in [3.8, 4) is 0 Å². The third-order valence-corrected chi connectivity index (χ3v) is 7.02. The summed E-state index contributed by atoms with van der Waals surface area (Å²) in [4.78, 5) is 31.5. The van der Waals surface area contributed by atoms with Crippen LogP contribution in [-0.4, -0.2) is 15.5 Å². The third-order valence-electron chi connectivity index (χ3n) is 5.06. The predicted octanol–water partition coefficient (Wildman–Crippen LogP) is 4.32. The summed E-state index contributed by atoms with van der Waals surface area (Å²) in [6, 6.07) is 4.35. The van der Waals surface area contributed by atoms with Gasteiger partial charge in [-0.2, -0.15) is 0 Å². The van der Waals surface area contributed by atoms with Gasteiger partial charge in [-0.25, -0.2) is 9.37 Å². The summed E-state index contributed by atoms with van der Waals surface area (Å²) in [5.74, 6) is 0.173. The van der Waals surface area contributed by atoms with Crippen molar-refractivity contribution in [1.29, 1.82) is 0 Å². The van der Waals surface area contributed by atoms with Gasteiger partial charge in [0, 0.05) is 24.0 Å². The summed E-state index contributed by atoms with van der Waals surface area (Å²) in [5.41, 5.74) is 1.26. The minimum atomic E-state index is -0.357. The molecular formula is C20H19BrFN3O2S. The molecule has 0 radical (unpaired) electrons. The van der Waals surface area contributed by atoms with Crippen molar-refractivity contribution < 1.29 is 9.18 Å². The fraction of sp³-hybridized carbons (Fsp3) is 0.350. The van der Waals surface area contributed by atoms with Crippen molar-refractivity contribution in [2.75, 3.05) is 0 Å². The number of hydrogen-bond donors (Lipinski definition) is 1. The molecule has 1 aliphatic rings. The maximum atomic E-state index is 13.4. The van der Waals surface area contributed by atoms with Crippen molar-refractivity contribution in [1.82, 2.24) is 14.9 Å². The van der Waals surface area contributed by atoms with Crippen LogP contribution < -0.4 is 10.9 Å². The standard InChI is InChI=1S/C20H19BrFN3O2S/c1-11-16-19(24-15-5-3-2-4-8-25(15)20(16)27)28-17(11)18(26)23-10-12-9-13(22)6-7-14(12)21/h6-7,9H,2-5,8,10H2,1H3,(H,23,26). The zero-order valence-electron chi connectivity index (χ0n) is 15.3. The molecule has 8 heteroatoms. The molecule has 0 aliphatic carbocycles. The summed E-state index contributed by atoms with van der Waals surface area (Å²) in [6.45, 7) is 2.66. The highest BCUT2D eigenvalue weighted by atomic mass is 79.9. The number of carbonyl (C=O) groups is 1. The molecule has 3 heterocycles. The van der Waals surface area contributed by atoms with E-state index in [-0.39, 0.29) is 23.8 Å². The Kier molecular flexibility index (Phi) is 5.33. The fourth-order valence-corrected chi connectivity index (χ4v) is 5.05. The van der Waals surface area contributed by atoms with E-state index in [1.54, 1.807) is 17.6 Å². The first-order valence-corrected chi connectivity index (χ1v) is 10.8. The molecule has 0 bridgehead atoms. The van der Waals surface area contributed by atoms with Gasteiger partial charge in [-0.3, -0.25) is 14.2 Å². The molecule has 0 atom stereocenters. The second kappa shape index (κ2) is 7.75. The second-order valence-electron chi connectivity index (χ2n) is 6.95. The van der Waals surface area contributed by atoms with Gasteiger partial charge in [0.15, 0.2) is 0 Å². The normalized spacial score (nSPS) is 14.0. The van der Waals surface area contributed by atoms with E-state index in [4.69, 9.17) is 0 Å². The minimum absolute atomic E-state index is 0.0532. The average Bonchev–Trinajstić information content (AvgIpc) is 2.84. The van der Waals surface area contributed by atoms with Crippen molar-refractivity contribution >= 4 is 43.4 Å². The third kappa shape index (κ3) is 3.51. The number of aryl methyl sites for hydroxylation is 2. The zero-order valence-corrected chi connectivity index (χ0v) is 17.8. The Morgan fingerprint density at radius 1 is 1.36 bits per heavy atom. The van der Waals surface area contributed by atoms with Crippen LogP contribution >= 0.6 is 27.3 Å². The van der Waals surface area contributed by atoms with Crippen molar-refractivity contribution in [3.63, 3.8) is 0 Å². The molecule has 146 valence electrons. The van der Waals surface area contributed by atoms with Gasteiger partial charge in [-0.05, 0) is 49.1 Å². The predicted molar refractivity (Wildman–Crippen MR) is 111 cm³/mol. The largest absolute Gasteiger partial charge is 0.347 e. The number of carbonyl (C=O) groups excluding carboxylic acids is 1. The number of benzene rings is 1. The highest BCUT2D eigenvalue weighted by Gasteiger charge is 2.22. The molecular weight excluding hydrogens is 445 g/mol. The molecule has 2 aromatic heterocycles. The SMILES string of the molecule is Cc1c(C(=O)NCc2cc(F)ccc2Br)sc2nc3n(c(=O)c12)CCCCC3. The molecule has 0 unspecified atom stereocenters. The molecule has 0 saturated carbocycles. The molecule has 1 amide bonds. The lowest BCUT2D eigenvalue weighted by Crippen LogP contribution is -2.25. The van der Waals surface area contributed by atoms with Crippen LogP contribution in [0.25, 0.3) is 10.2 Å². The summed E-state index contributed by atoms with van der Waals surface area (Å²) in [7, 11) is 0. The molecule has 0 saturated heterocycles. The van der Waals surface area contributed by atoms with Crippen LogP contribution in [-0.2, 0) is 19.5 Å². The number of amides is 1. The summed E-state index contributed by atoms with van der Waals surface area (Å²) < 4.78 is 15.9. The van der Waals surface area contributed by atoms with Crippen molar-refractivity contribution in [2.24, 2.45) is 0 Å². The van der Waals surface area contributed by atoms with Gasteiger partial charge in [0.05, 0.1) is 10.3 Å². The highest BCUT2D eigenvalue weighted by Crippen LogP contribution is 2.28. The molecule has 3 aromatic rings. The molecule has 4 rings (SSSR count). The quantitative estimate of drug-likeness (QED) is 0.628. The van der Waals surface area contributed by atoms with Crippen LogP contribution in [0, 0.1) is 12.7 Å². The number of nitrogens with zero attached hydrogens (tertiary/aromatic N) is 2. The van der Waals surface area contributed by atoms with E-state index in [1.807, 2.05) is 0 Å². The minimum Gasteiger partial charge on any atom is -0.347 e. The van der Waals surface area contributed by atoms with Gasteiger partial charge in [0.25, 0.3) is 11.5 Å². The van der Waals surface area contributed by atoms with Crippen LogP contribution in [0.15, 0.2) is 27.5 Å². The first-order chi connectivity index (χ1) is 13.5. The summed E-state index contributed by atoms with van der Waals surface area (Å²) in [5, 5.41) is 3.36. The van der Waals surface area contributed by atoms with E-state index in [1.165, 1.54) is 23.5 Å². The molecule has 0 fully saturated rings. The number of rotatable bonds is 3. The monoisotopic (exact) mass is 463 g/mol. The maximum absolute atomic E-state index is 13.4. The molecule has 1 N–H and O–H groups in total. The summed E-state index contributed by atoms with van der Waals surface area (Å²) >= 11 is 4.61. The lowest BCUT2D eigenvalue weighted by Gasteiger charge is -2.08. The van der Waals surface area contributed by atoms with Crippen LogP contribution in [0.1, 0.15) is 45.9 Å². The van der Waals surface area contributed by atoms with Crippen molar-refractivity contribution in [2.45, 2.75) is 45.7 Å². The van der Waals surface area contributed by atoms with Crippen LogP contribution in [0.4, 0.5) is 4.39 Å². The van der Waals surface area contributed by atoms with E-state index < -0.39 is 0 Å². The Hall–Kier alpha value is -2.06. The van der Waals surface area contributed by atoms with Gasteiger partial charge in [0.2, 0.25) is 0 Å². The van der Waals surface area contributed by atoms with E-state index in [2.05, 4.69) is 26.2 Å². The Morgan fingerprint density at radius 2 is 2.18 bits per heavy atom. The topological polar surface area (TPSA) is 64.0 Å². The van der Waals surface area contributed by atoms with Gasteiger partial charge in [-0.15, -0.1) is 11.3 Å². The van der Waals surface area contributed by atoms with E-state index in [0.717, 1.165) is 36.0 Å². The van der Waals surface area contributed by atoms with Gasteiger partial charge in [-0.1, -0.05) is 22.4 Å². The smallest absolute Gasteiger partial charge is 0.262 e. The summed E-state index contributed by atoms with van der Waals surface area (Å²) in [6.07, 6.45) is 3.88. The Bertz CT molecular complexity index is 1140. The van der Waals surface area contributed by atoms with Crippen LogP contribution in [0.5, 0.6) is 0 Å². The van der Waals surface area contributed by atoms with E-state index in [0.29, 0.717) is 32.8 Å². The van der Waals surface area contributed by atoms with Crippen molar-refractivity contribution in [3.05, 3.63) is 60.7 Å². The highest BCUT2D eigenvalue weighted by molar-refractivity contribution is 9.10. The van der Waals surface area contributed by atoms with Crippen LogP contribution in [0.2, 0.25) is 0 Å². The zero-order chi connectivity index (χ0) is 19.8. The van der Waals surface area contributed by atoms with Gasteiger partial charge >= 0.3 is 0 Å². The fourth-order valence-electron chi connectivity index (χ4n) is 3.56. The lowest BCUT2D eigenvalue weighted by atomic mass is 10.2. The number of nitrogens with one attached hydrogen (secondary N) is 1. The van der Waals surface area contributed by atoms with E-state index in [9.17, 15) is 14.0 Å². The van der Waals surface area contributed by atoms with Gasteiger partial charge < -0.3 is 5.32 Å². The Morgan fingerprint density at radius 3 is 3.00 bits per heavy atom. The van der Waals surface area contributed by atoms with Gasteiger partial charge in [0.1, 0.15) is 16.5 Å².